The molecule has 1 fully saturated rings. The Morgan fingerprint density at radius 3 is 2.54 bits per heavy atom. The Morgan fingerprint density at radius 1 is 1.26 bits per heavy atom. The van der Waals surface area contributed by atoms with Gasteiger partial charge in [-0.05, 0) is 24.8 Å². The van der Waals surface area contributed by atoms with Crippen LogP contribution in [0.5, 0.6) is 0 Å². The fourth-order valence-electron chi connectivity index (χ4n) is 3.62. The van der Waals surface area contributed by atoms with Crippen LogP contribution in [-0.2, 0) is 26.0 Å². The van der Waals surface area contributed by atoms with Crippen LogP contribution in [0.25, 0.3) is 0 Å². The van der Waals surface area contributed by atoms with Gasteiger partial charge in [0.2, 0.25) is 21.8 Å². The number of hydrogen-bond acceptors (Lipinski definition) is 7. The van der Waals surface area contributed by atoms with Gasteiger partial charge in [0.25, 0.3) is 0 Å². The van der Waals surface area contributed by atoms with Crippen molar-refractivity contribution in [2.75, 3.05) is 18.9 Å². The second kappa shape index (κ2) is 13.1. The second-order valence-corrected chi connectivity index (χ2v) is 10.00. The number of carbonyl (C=O) groups excluding carboxylic acids is 2. The molecule has 2 rings (SSSR count). The first kappa shape index (κ1) is 28.1. The van der Waals surface area contributed by atoms with Gasteiger partial charge in [-0.25, -0.2) is 13.1 Å². The van der Waals surface area contributed by atoms with Crippen molar-refractivity contribution in [2.24, 2.45) is 5.73 Å². The highest BCUT2D eigenvalue weighted by Gasteiger charge is 2.34. The number of aliphatic hydroxyl groups excluding tert-OH is 2. The highest BCUT2D eigenvalue weighted by atomic mass is 32.2. The molecule has 1 unspecified atom stereocenters. The number of sulfonamides is 1. The maximum Gasteiger partial charge on any atom is 0.243 e. The van der Waals surface area contributed by atoms with Gasteiger partial charge in [-0.3, -0.25) is 15.0 Å². The van der Waals surface area contributed by atoms with Gasteiger partial charge in [0.15, 0.2) is 5.96 Å². The number of nitrogens with one attached hydrogen (secondary N) is 4. The van der Waals surface area contributed by atoms with Crippen LogP contribution in [0.3, 0.4) is 0 Å². The number of guanidine groups is 1. The van der Waals surface area contributed by atoms with Crippen LogP contribution in [0, 0.1) is 17.8 Å². The number of terminal acetylenes is 1. The van der Waals surface area contributed by atoms with Crippen molar-refractivity contribution in [1.29, 1.82) is 5.41 Å². The van der Waals surface area contributed by atoms with Crippen LogP contribution in [0.4, 0.5) is 0 Å². The zero-order valence-corrected chi connectivity index (χ0v) is 20.0. The molecule has 1 heterocycles. The van der Waals surface area contributed by atoms with Crippen molar-refractivity contribution >= 4 is 27.8 Å². The monoisotopic (exact) mass is 508 g/mol. The van der Waals surface area contributed by atoms with Gasteiger partial charge in [-0.15, -0.1) is 12.3 Å². The first-order chi connectivity index (χ1) is 16.6. The summed E-state index contributed by atoms with van der Waals surface area (Å²) in [5.41, 5.74) is 6.24. The number of piperidine rings is 1. The van der Waals surface area contributed by atoms with Crippen LogP contribution in [0.2, 0.25) is 0 Å². The van der Waals surface area contributed by atoms with E-state index in [1.54, 1.807) is 30.3 Å². The molecule has 8 N–H and O–H groups in total. The Balaban J connectivity index is 1.99. The Hall–Kier alpha value is -3.18. The molecule has 35 heavy (non-hydrogen) atoms. The SMILES string of the molecule is C#CC[C@H](NC(=O)[C@@H](CO)NS(=O)(=O)CCc1ccccc1)C(=O)N[C@H]1CCCN(C(=N)N)C1O. The lowest BCUT2D eigenvalue weighted by molar-refractivity contribution is -0.131. The Kier molecular flexibility index (Phi) is 10.5. The molecule has 0 spiro atoms. The lowest BCUT2D eigenvalue weighted by atomic mass is 10.0. The summed E-state index contributed by atoms with van der Waals surface area (Å²) in [6.07, 6.45) is 5.06. The summed E-state index contributed by atoms with van der Waals surface area (Å²) in [4.78, 5) is 26.7. The summed E-state index contributed by atoms with van der Waals surface area (Å²) in [5, 5.41) is 32.5. The predicted octanol–water partition coefficient (Wildman–Crippen LogP) is -2.19. The van der Waals surface area contributed by atoms with Crippen molar-refractivity contribution in [2.45, 2.75) is 50.0 Å². The van der Waals surface area contributed by atoms with E-state index in [-0.39, 0.29) is 24.6 Å². The van der Waals surface area contributed by atoms with Gasteiger partial charge < -0.3 is 31.5 Å². The van der Waals surface area contributed by atoms with Crippen LogP contribution in [0.15, 0.2) is 30.3 Å². The maximum atomic E-state index is 12.8. The van der Waals surface area contributed by atoms with Gasteiger partial charge >= 0.3 is 0 Å². The molecule has 1 aromatic rings. The standard InChI is InChI=1S/C22H32N6O6S/c1-2-7-16(19(30)26-17-10-6-12-28(21(17)32)22(23)24)25-20(31)18(14-29)27-35(33,34)13-11-15-8-4-3-5-9-15/h1,3-5,8-9,16-18,21,27,29,32H,6-7,10-14H2,(H3,23,24)(H,25,31)(H,26,30)/t16-,17-,18+,21?/m0/s1. The van der Waals surface area contributed by atoms with Gasteiger partial charge in [-0.1, -0.05) is 30.3 Å². The predicted molar refractivity (Wildman–Crippen MR) is 129 cm³/mol. The second-order valence-electron chi connectivity index (χ2n) is 8.13. The van der Waals surface area contributed by atoms with E-state index >= 15 is 0 Å². The number of carbonyl (C=O) groups is 2. The van der Waals surface area contributed by atoms with Crippen molar-refractivity contribution in [3.8, 4) is 12.3 Å². The minimum Gasteiger partial charge on any atom is -0.394 e. The quantitative estimate of drug-likeness (QED) is 0.0993. The Bertz CT molecular complexity index is 1030. The number of nitrogens with two attached hydrogens (primary N) is 1. The van der Waals surface area contributed by atoms with Gasteiger partial charge in [-0.2, -0.15) is 0 Å². The summed E-state index contributed by atoms with van der Waals surface area (Å²) in [7, 11) is -3.93. The molecule has 13 heteroatoms. The molecule has 0 radical (unpaired) electrons. The molecule has 1 saturated heterocycles. The number of rotatable bonds is 11. The van der Waals surface area contributed by atoms with E-state index in [0.29, 0.717) is 19.4 Å². The molecule has 1 aliphatic rings. The highest BCUT2D eigenvalue weighted by Crippen LogP contribution is 2.15. The van der Waals surface area contributed by atoms with E-state index in [0.717, 1.165) is 5.56 Å². The van der Waals surface area contributed by atoms with Crippen molar-refractivity contribution in [3.05, 3.63) is 35.9 Å². The fraction of sp³-hybridized carbons (Fsp3) is 0.500. The van der Waals surface area contributed by atoms with Crippen molar-refractivity contribution < 1.29 is 28.2 Å². The van der Waals surface area contributed by atoms with E-state index in [4.69, 9.17) is 17.6 Å². The fourth-order valence-corrected chi connectivity index (χ4v) is 4.86. The molecule has 1 aromatic carbocycles. The van der Waals surface area contributed by atoms with E-state index in [9.17, 15) is 28.2 Å². The van der Waals surface area contributed by atoms with Crippen molar-refractivity contribution in [1.82, 2.24) is 20.3 Å². The summed E-state index contributed by atoms with van der Waals surface area (Å²) in [5.74, 6) is -0.00207. The Morgan fingerprint density at radius 2 is 1.94 bits per heavy atom. The molecule has 0 bridgehead atoms. The molecule has 1 aliphatic heterocycles. The molecule has 0 saturated carbocycles. The lowest BCUT2D eigenvalue weighted by Gasteiger charge is -2.38. The summed E-state index contributed by atoms with van der Waals surface area (Å²) in [6, 6.07) is 5.37. The Labute approximate surface area is 204 Å². The molecule has 192 valence electrons. The topological polar surface area (TPSA) is 198 Å². The molecule has 0 aliphatic carbocycles. The third-order valence-corrected chi connectivity index (χ3v) is 6.89. The average molecular weight is 509 g/mol. The normalized spacial score (nSPS) is 19.7. The van der Waals surface area contributed by atoms with E-state index in [1.165, 1.54) is 4.90 Å². The number of amides is 2. The number of hydrogen-bond donors (Lipinski definition) is 7. The van der Waals surface area contributed by atoms with Crippen LogP contribution in [-0.4, -0.2) is 84.6 Å². The number of likely N-dealkylation sites (tertiary alicyclic amines) is 1. The highest BCUT2D eigenvalue weighted by molar-refractivity contribution is 7.89. The molecule has 0 aromatic heterocycles. The first-order valence-corrected chi connectivity index (χ1v) is 12.7. The number of aliphatic hydroxyl groups is 2. The third kappa shape index (κ3) is 8.52. The van der Waals surface area contributed by atoms with Crippen molar-refractivity contribution in [3.63, 3.8) is 0 Å². The minimum absolute atomic E-state index is 0.207. The number of benzene rings is 1. The minimum atomic E-state index is -3.93. The van der Waals surface area contributed by atoms with E-state index in [2.05, 4.69) is 21.3 Å². The molecule has 12 nitrogen and oxygen atoms in total. The smallest absolute Gasteiger partial charge is 0.243 e. The largest absolute Gasteiger partial charge is 0.394 e. The molecular weight excluding hydrogens is 476 g/mol. The van der Waals surface area contributed by atoms with Gasteiger partial charge in [0.05, 0.1) is 18.4 Å². The zero-order valence-electron chi connectivity index (χ0n) is 19.2. The lowest BCUT2D eigenvalue weighted by Crippen LogP contribution is -2.61. The van der Waals surface area contributed by atoms with Crippen LogP contribution in [0.1, 0.15) is 24.8 Å². The number of aryl methyl sites for hydroxylation is 1. The van der Waals surface area contributed by atoms with E-state index in [1.807, 2.05) is 0 Å². The van der Waals surface area contributed by atoms with Gasteiger partial charge in [0.1, 0.15) is 18.3 Å². The van der Waals surface area contributed by atoms with E-state index < -0.39 is 52.8 Å². The number of nitrogens with zero attached hydrogens (tertiary/aromatic N) is 1. The maximum absolute atomic E-state index is 12.8. The summed E-state index contributed by atoms with van der Waals surface area (Å²) < 4.78 is 27.0. The summed E-state index contributed by atoms with van der Waals surface area (Å²) >= 11 is 0. The zero-order chi connectivity index (χ0) is 26.0. The summed E-state index contributed by atoms with van der Waals surface area (Å²) in [6.45, 7) is -0.480. The van der Waals surface area contributed by atoms with Crippen LogP contribution >= 0.6 is 0 Å². The third-order valence-electron chi connectivity index (χ3n) is 5.51. The molecule has 2 amide bonds. The molecular formula is C22H32N6O6S. The van der Waals surface area contributed by atoms with Gasteiger partial charge in [0, 0.05) is 13.0 Å². The average Bonchev–Trinajstić information content (AvgIpc) is 2.82. The molecule has 4 atom stereocenters. The van der Waals surface area contributed by atoms with Crippen LogP contribution < -0.4 is 21.1 Å². The first-order valence-electron chi connectivity index (χ1n) is 11.1.